The largest absolute Gasteiger partial charge is 0.459 e. The Morgan fingerprint density at radius 2 is 1.54 bits per heavy atom. The third-order valence-electron chi connectivity index (χ3n) is 11.7. The van der Waals surface area contributed by atoms with Crippen molar-refractivity contribution in [3.05, 3.63) is 0 Å². The number of carbonyl (C=O) groups excluding carboxylic acids is 2. The van der Waals surface area contributed by atoms with Crippen LogP contribution in [0.2, 0.25) is 0 Å². The van der Waals surface area contributed by atoms with Crippen molar-refractivity contribution in [1.82, 2.24) is 10.2 Å². The molecule has 15 nitrogen and oxygen atoms in total. The summed E-state index contributed by atoms with van der Waals surface area (Å²) in [6, 6.07) is -1.29. The van der Waals surface area contributed by atoms with Gasteiger partial charge in [0, 0.05) is 31.4 Å². The van der Waals surface area contributed by atoms with Gasteiger partial charge in [0.15, 0.2) is 12.6 Å². The maximum absolute atomic E-state index is 14.1. The summed E-state index contributed by atoms with van der Waals surface area (Å²) in [6.45, 7) is 16.3. The summed E-state index contributed by atoms with van der Waals surface area (Å²) in [5, 5.41) is 60.3. The summed E-state index contributed by atoms with van der Waals surface area (Å²) in [7, 11) is 5.17. The monoisotopic (exact) mass is 748 g/mol. The predicted molar refractivity (Wildman–Crippen MR) is 190 cm³/mol. The number of cyclic esters (lactones) is 1. The van der Waals surface area contributed by atoms with E-state index in [1.807, 2.05) is 25.9 Å². The minimum Gasteiger partial charge on any atom is -0.459 e. The van der Waals surface area contributed by atoms with E-state index in [0.29, 0.717) is 6.42 Å². The van der Waals surface area contributed by atoms with Gasteiger partial charge >= 0.3 is 5.97 Å². The van der Waals surface area contributed by atoms with Gasteiger partial charge in [-0.25, -0.2) is 0 Å². The van der Waals surface area contributed by atoms with Crippen LogP contribution in [0.5, 0.6) is 0 Å². The van der Waals surface area contributed by atoms with Crippen LogP contribution in [0.4, 0.5) is 0 Å². The van der Waals surface area contributed by atoms with Crippen LogP contribution in [0.25, 0.3) is 0 Å². The Balaban J connectivity index is 2.18. The molecule has 0 aromatic carbocycles. The van der Waals surface area contributed by atoms with E-state index in [0.717, 1.165) is 0 Å². The molecule has 0 aromatic rings. The van der Waals surface area contributed by atoms with Gasteiger partial charge in [0.25, 0.3) is 0 Å². The van der Waals surface area contributed by atoms with Gasteiger partial charge < -0.3 is 64.2 Å². The van der Waals surface area contributed by atoms with Gasteiger partial charge in [-0.1, -0.05) is 20.8 Å². The lowest BCUT2D eigenvalue weighted by atomic mass is 9.77. The second-order valence-corrected chi connectivity index (χ2v) is 16.6. The van der Waals surface area contributed by atoms with Gasteiger partial charge in [-0.2, -0.15) is 0 Å². The second kappa shape index (κ2) is 17.5. The number of nitrogens with zero attached hydrogens (tertiary/aromatic N) is 1. The first-order chi connectivity index (χ1) is 23.9. The molecule has 0 bridgehead atoms. The molecule has 3 fully saturated rings. The van der Waals surface area contributed by atoms with Gasteiger partial charge in [-0.3, -0.25) is 9.59 Å². The maximum atomic E-state index is 14.1. The fraction of sp³-hybridized carbons (Fsp3) is 0.946. The quantitative estimate of drug-likeness (QED) is 0.202. The van der Waals surface area contributed by atoms with Crippen molar-refractivity contribution in [2.24, 2.45) is 17.8 Å². The number of rotatable bonds is 7. The van der Waals surface area contributed by atoms with E-state index in [9.17, 15) is 35.1 Å². The van der Waals surface area contributed by atoms with Crippen LogP contribution in [0.3, 0.4) is 0 Å². The Hall–Kier alpha value is -1.50. The molecule has 3 aliphatic rings. The minimum atomic E-state index is -1.97. The molecule has 0 saturated carbocycles. The van der Waals surface area contributed by atoms with E-state index in [1.165, 1.54) is 27.9 Å². The van der Waals surface area contributed by atoms with Crippen molar-refractivity contribution < 1.29 is 63.5 Å². The summed E-state index contributed by atoms with van der Waals surface area (Å²) in [4.78, 5) is 29.5. The molecule has 3 saturated heterocycles. The summed E-state index contributed by atoms with van der Waals surface area (Å²) >= 11 is 0. The molecule has 3 heterocycles. The van der Waals surface area contributed by atoms with Gasteiger partial charge in [0.2, 0.25) is 5.91 Å². The van der Waals surface area contributed by atoms with Crippen LogP contribution < -0.4 is 5.32 Å². The Morgan fingerprint density at radius 3 is 2.10 bits per heavy atom. The Morgan fingerprint density at radius 1 is 0.923 bits per heavy atom. The average Bonchev–Trinajstić information content (AvgIpc) is 3.06. The number of aliphatic hydroxyl groups is 5. The maximum Gasteiger partial charge on any atom is 0.311 e. The summed E-state index contributed by atoms with van der Waals surface area (Å²) in [5.41, 5.74) is -4.82. The Labute approximate surface area is 309 Å². The van der Waals surface area contributed by atoms with Crippen LogP contribution in [0.15, 0.2) is 0 Å². The SMILES string of the molecule is CC[C@@H]1OC(=O)[C@H](C)[C@H](OC2CC(C)(OC)C(O)C(C)O2)[C@@H](C)[C@H](OC2OC(C)CC(N(C)C)C2O)[C@](C)(O)C[C@H](C)C(=O)N[C@H](C)[C@@H](O)C1(C)O. The van der Waals surface area contributed by atoms with E-state index in [-0.39, 0.29) is 31.4 Å². The first-order valence-corrected chi connectivity index (χ1v) is 18.7. The molecule has 0 aliphatic carbocycles. The van der Waals surface area contributed by atoms with Crippen molar-refractivity contribution in [2.45, 2.75) is 185 Å². The Bertz CT molecular complexity index is 1190. The normalized spacial score (nSPS) is 49.1. The van der Waals surface area contributed by atoms with Crippen molar-refractivity contribution in [3.8, 4) is 0 Å². The predicted octanol–water partition coefficient (Wildman–Crippen LogP) is 1.09. The number of carbonyl (C=O) groups is 2. The molecule has 3 aliphatic heterocycles. The summed E-state index contributed by atoms with van der Waals surface area (Å²) < 4.78 is 37.1. The molecule has 9 unspecified atom stereocenters. The number of esters is 1. The number of nitrogens with one attached hydrogen (secondary N) is 1. The van der Waals surface area contributed by atoms with Gasteiger partial charge in [0.1, 0.15) is 30.0 Å². The summed E-state index contributed by atoms with van der Waals surface area (Å²) in [6.07, 6.45) is -9.73. The third-order valence-corrected chi connectivity index (χ3v) is 11.7. The minimum absolute atomic E-state index is 0.0853. The molecule has 304 valence electrons. The molecule has 18 atom stereocenters. The number of aliphatic hydroxyl groups excluding tert-OH is 3. The van der Waals surface area contributed by atoms with Gasteiger partial charge in [-0.05, 0) is 81.8 Å². The molecule has 6 N–H and O–H groups in total. The highest BCUT2D eigenvalue weighted by atomic mass is 16.7. The van der Waals surface area contributed by atoms with Crippen LogP contribution in [0.1, 0.15) is 94.9 Å². The lowest BCUT2D eigenvalue weighted by Gasteiger charge is -2.48. The lowest BCUT2D eigenvalue weighted by molar-refractivity contribution is -0.317. The van der Waals surface area contributed by atoms with Crippen molar-refractivity contribution in [2.75, 3.05) is 21.2 Å². The summed E-state index contributed by atoms with van der Waals surface area (Å²) in [5.74, 6) is -4.03. The van der Waals surface area contributed by atoms with Crippen LogP contribution in [0, 0.1) is 17.8 Å². The number of methoxy groups -OCH3 is 1. The molecule has 15 heteroatoms. The highest BCUT2D eigenvalue weighted by molar-refractivity contribution is 5.78. The van der Waals surface area contributed by atoms with E-state index in [1.54, 1.807) is 41.5 Å². The van der Waals surface area contributed by atoms with E-state index in [4.69, 9.17) is 28.4 Å². The lowest BCUT2D eigenvalue weighted by Crippen LogP contribution is -2.60. The molecular formula is C37H68N2O13. The van der Waals surface area contributed by atoms with Crippen LogP contribution in [-0.2, 0) is 38.0 Å². The van der Waals surface area contributed by atoms with Gasteiger partial charge in [0.05, 0.1) is 47.6 Å². The van der Waals surface area contributed by atoms with E-state index < -0.39 is 108 Å². The van der Waals surface area contributed by atoms with Crippen molar-refractivity contribution >= 4 is 11.9 Å². The smallest absolute Gasteiger partial charge is 0.311 e. The van der Waals surface area contributed by atoms with E-state index >= 15 is 0 Å². The molecule has 3 rings (SSSR count). The number of hydrogen-bond acceptors (Lipinski definition) is 14. The average molecular weight is 749 g/mol. The standard InChI is InChI=1S/C37H68N2O13/c1-14-25-37(10,46)29(41)22(6)38-32(43)18(2)16-35(8,45)31(52-34-27(40)24(39(11)12)15-19(3)48-34)20(4)28(21(5)33(44)50-25)51-26-17-36(9,47-13)30(42)23(7)49-26/h18-31,34,40-42,45-46H,14-17H2,1-13H3,(H,38,43)/t18-,19?,20+,21+,22+,23?,24?,25-,26?,27?,28+,29+,30?,31-,34?,35+,36?,37?/m0/s1. The topological polar surface area (TPSA) is 206 Å². The zero-order valence-corrected chi connectivity index (χ0v) is 33.4. The fourth-order valence-corrected chi connectivity index (χ4v) is 8.24. The number of likely N-dealkylation sites (N-methyl/N-ethyl adjacent to an activating group) is 1. The zero-order valence-electron chi connectivity index (χ0n) is 33.4. The zero-order chi connectivity index (χ0) is 39.7. The van der Waals surface area contributed by atoms with Crippen LogP contribution in [-0.4, -0.2) is 154 Å². The third kappa shape index (κ3) is 9.83. The van der Waals surface area contributed by atoms with Crippen molar-refractivity contribution in [3.63, 3.8) is 0 Å². The molecule has 0 aromatic heterocycles. The number of amides is 1. The highest BCUT2D eigenvalue weighted by Crippen LogP contribution is 2.40. The molecule has 0 radical (unpaired) electrons. The molecule has 0 spiro atoms. The highest BCUT2D eigenvalue weighted by Gasteiger charge is 2.52. The molecule has 1 amide bonds. The van der Waals surface area contributed by atoms with Crippen LogP contribution >= 0.6 is 0 Å². The van der Waals surface area contributed by atoms with E-state index in [2.05, 4.69) is 5.32 Å². The second-order valence-electron chi connectivity index (χ2n) is 16.6. The Kier molecular flexibility index (Phi) is 15.1. The number of ether oxygens (including phenoxy) is 6. The fourth-order valence-electron chi connectivity index (χ4n) is 8.24. The molecular weight excluding hydrogens is 680 g/mol. The number of hydrogen-bond donors (Lipinski definition) is 6. The first kappa shape index (κ1) is 44.9. The first-order valence-electron chi connectivity index (χ1n) is 18.7. The van der Waals surface area contributed by atoms with Crippen molar-refractivity contribution in [1.29, 1.82) is 0 Å². The molecule has 52 heavy (non-hydrogen) atoms. The van der Waals surface area contributed by atoms with Gasteiger partial charge in [-0.15, -0.1) is 0 Å².